The normalized spacial score (nSPS) is 36.2. The molecular weight excluding hydrogens is 166 g/mol. The Kier molecular flexibility index (Phi) is 2.42. The lowest BCUT2D eigenvalue weighted by molar-refractivity contribution is 0.144. The van der Waals surface area contributed by atoms with E-state index in [1.54, 1.807) is 0 Å². The van der Waals surface area contributed by atoms with Gasteiger partial charge < -0.3 is 10.1 Å². The van der Waals surface area contributed by atoms with E-state index in [0.29, 0.717) is 12.6 Å². The number of alkyl carbamates (subject to hydrolysis) is 1. The minimum absolute atomic E-state index is 0.236. The van der Waals surface area contributed by atoms with Crippen LogP contribution in [0.5, 0.6) is 0 Å². The van der Waals surface area contributed by atoms with Crippen LogP contribution in [-0.4, -0.2) is 18.7 Å². The zero-order valence-electron chi connectivity index (χ0n) is 8.08. The van der Waals surface area contributed by atoms with Gasteiger partial charge in [0.15, 0.2) is 0 Å². The molecule has 3 nitrogen and oxygen atoms in total. The van der Waals surface area contributed by atoms with Crippen molar-refractivity contribution in [3.05, 3.63) is 0 Å². The summed E-state index contributed by atoms with van der Waals surface area (Å²) in [6, 6.07) is 0.401. The van der Waals surface area contributed by atoms with Crippen LogP contribution in [0, 0.1) is 11.8 Å². The first-order valence-corrected chi connectivity index (χ1v) is 5.24. The molecule has 0 heterocycles. The highest BCUT2D eigenvalue weighted by Gasteiger charge is 2.45. The van der Waals surface area contributed by atoms with Gasteiger partial charge in [-0.05, 0) is 31.6 Å². The largest absolute Gasteiger partial charge is 0.450 e. The standard InChI is InChI=1S/C10H17NO2/c1-2-13-10(12)11-9-5-3-4-7-6-8(7)9/h7-9H,2-6H2,1H3,(H,11,12)/t7-,8+,9-/m1/s1. The third-order valence-electron chi connectivity index (χ3n) is 3.16. The zero-order valence-corrected chi connectivity index (χ0v) is 8.08. The van der Waals surface area contributed by atoms with Crippen LogP contribution in [0.25, 0.3) is 0 Å². The van der Waals surface area contributed by atoms with Crippen LogP contribution < -0.4 is 5.32 Å². The van der Waals surface area contributed by atoms with E-state index in [-0.39, 0.29) is 6.09 Å². The second kappa shape index (κ2) is 3.56. The van der Waals surface area contributed by atoms with Crippen molar-refractivity contribution in [3.8, 4) is 0 Å². The Labute approximate surface area is 78.8 Å². The smallest absolute Gasteiger partial charge is 0.407 e. The molecule has 0 unspecified atom stereocenters. The Balaban J connectivity index is 1.77. The summed E-state index contributed by atoms with van der Waals surface area (Å²) < 4.78 is 4.86. The lowest BCUT2D eigenvalue weighted by Gasteiger charge is -2.21. The first kappa shape index (κ1) is 8.85. The van der Waals surface area contributed by atoms with Gasteiger partial charge in [0.2, 0.25) is 0 Å². The molecule has 3 heteroatoms. The van der Waals surface area contributed by atoms with Crippen molar-refractivity contribution in [1.82, 2.24) is 5.32 Å². The van der Waals surface area contributed by atoms with Gasteiger partial charge in [0, 0.05) is 6.04 Å². The lowest BCUT2D eigenvalue weighted by atomic mass is 9.96. The predicted octanol–water partition coefficient (Wildman–Crippen LogP) is 1.92. The van der Waals surface area contributed by atoms with Gasteiger partial charge in [-0.15, -0.1) is 0 Å². The minimum atomic E-state index is -0.236. The fraction of sp³-hybridized carbons (Fsp3) is 0.900. The molecule has 0 spiro atoms. The van der Waals surface area contributed by atoms with Crippen LogP contribution in [-0.2, 0) is 4.74 Å². The average Bonchev–Trinajstić information content (AvgIpc) is 2.84. The summed E-state index contributed by atoms with van der Waals surface area (Å²) in [5.41, 5.74) is 0. The molecule has 74 valence electrons. The second-order valence-corrected chi connectivity index (χ2v) is 4.06. The molecule has 2 fully saturated rings. The molecule has 0 aromatic carbocycles. The summed E-state index contributed by atoms with van der Waals surface area (Å²) in [7, 11) is 0. The molecule has 0 radical (unpaired) electrons. The Morgan fingerprint density at radius 1 is 1.54 bits per heavy atom. The number of hydrogen-bond acceptors (Lipinski definition) is 2. The van der Waals surface area contributed by atoms with E-state index in [1.165, 1.54) is 19.3 Å². The molecule has 13 heavy (non-hydrogen) atoms. The van der Waals surface area contributed by atoms with Crippen LogP contribution in [0.1, 0.15) is 32.6 Å². The minimum Gasteiger partial charge on any atom is -0.450 e. The number of nitrogens with one attached hydrogen (secondary N) is 1. The van der Waals surface area contributed by atoms with E-state index in [0.717, 1.165) is 18.3 Å². The molecule has 0 saturated heterocycles. The summed E-state index contributed by atoms with van der Waals surface area (Å²) in [4.78, 5) is 11.1. The van der Waals surface area contributed by atoms with Gasteiger partial charge in [0.25, 0.3) is 0 Å². The van der Waals surface area contributed by atoms with Crippen LogP contribution >= 0.6 is 0 Å². The van der Waals surface area contributed by atoms with Gasteiger partial charge in [-0.25, -0.2) is 4.79 Å². The number of hydrogen-bond donors (Lipinski definition) is 1. The van der Waals surface area contributed by atoms with Crippen molar-refractivity contribution in [3.63, 3.8) is 0 Å². The quantitative estimate of drug-likeness (QED) is 0.710. The van der Waals surface area contributed by atoms with Crippen LogP contribution in [0.4, 0.5) is 4.79 Å². The molecule has 2 aliphatic rings. The Morgan fingerprint density at radius 2 is 2.38 bits per heavy atom. The molecule has 1 amide bonds. The number of carbonyl (C=O) groups is 1. The molecule has 2 saturated carbocycles. The maximum absolute atomic E-state index is 11.1. The average molecular weight is 183 g/mol. The number of rotatable bonds is 2. The van der Waals surface area contributed by atoms with E-state index in [2.05, 4.69) is 5.32 Å². The molecule has 0 aromatic heterocycles. The fourth-order valence-corrected chi connectivity index (χ4v) is 2.41. The van der Waals surface area contributed by atoms with Crippen LogP contribution in [0.2, 0.25) is 0 Å². The summed E-state index contributed by atoms with van der Waals surface area (Å²) in [6.07, 6.45) is 4.85. The first-order chi connectivity index (χ1) is 6.31. The Hall–Kier alpha value is -0.730. The van der Waals surface area contributed by atoms with Gasteiger partial charge in [0.05, 0.1) is 6.61 Å². The van der Waals surface area contributed by atoms with Gasteiger partial charge in [-0.2, -0.15) is 0 Å². The monoisotopic (exact) mass is 183 g/mol. The number of fused-ring (bicyclic) bond motifs is 1. The van der Waals surface area contributed by atoms with Crippen molar-refractivity contribution < 1.29 is 9.53 Å². The van der Waals surface area contributed by atoms with E-state index in [4.69, 9.17) is 4.74 Å². The van der Waals surface area contributed by atoms with Gasteiger partial charge in [-0.3, -0.25) is 0 Å². The second-order valence-electron chi connectivity index (χ2n) is 4.06. The summed E-state index contributed by atoms with van der Waals surface area (Å²) in [5, 5.41) is 2.95. The molecule has 0 aromatic rings. The van der Waals surface area contributed by atoms with E-state index in [9.17, 15) is 4.79 Å². The highest BCUT2D eigenvalue weighted by atomic mass is 16.5. The SMILES string of the molecule is CCOC(=O)N[C@@H]1CCC[C@@H]2C[C@@H]21. The topological polar surface area (TPSA) is 38.3 Å². The molecular formula is C10H17NO2. The summed E-state index contributed by atoms with van der Waals surface area (Å²) in [5.74, 6) is 1.67. The van der Waals surface area contributed by atoms with Gasteiger partial charge >= 0.3 is 6.09 Å². The predicted molar refractivity (Wildman–Crippen MR) is 49.4 cm³/mol. The number of carbonyl (C=O) groups excluding carboxylic acids is 1. The van der Waals surface area contributed by atoms with Crippen molar-refractivity contribution in [2.24, 2.45) is 11.8 Å². The van der Waals surface area contributed by atoms with Crippen molar-refractivity contribution in [2.75, 3.05) is 6.61 Å². The number of ether oxygens (including phenoxy) is 1. The molecule has 1 N–H and O–H groups in total. The summed E-state index contributed by atoms with van der Waals surface area (Å²) >= 11 is 0. The van der Waals surface area contributed by atoms with Gasteiger partial charge in [0.1, 0.15) is 0 Å². The van der Waals surface area contributed by atoms with E-state index >= 15 is 0 Å². The van der Waals surface area contributed by atoms with E-state index in [1.807, 2.05) is 6.92 Å². The van der Waals surface area contributed by atoms with Crippen molar-refractivity contribution in [1.29, 1.82) is 0 Å². The van der Waals surface area contributed by atoms with Gasteiger partial charge in [-0.1, -0.05) is 12.8 Å². The van der Waals surface area contributed by atoms with Crippen LogP contribution in [0.15, 0.2) is 0 Å². The van der Waals surface area contributed by atoms with Crippen LogP contribution in [0.3, 0.4) is 0 Å². The third kappa shape index (κ3) is 1.95. The molecule has 0 bridgehead atoms. The molecule has 0 aliphatic heterocycles. The molecule has 3 atom stereocenters. The Bertz CT molecular complexity index is 205. The highest BCUT2D eigenvalue weighted by molar-refractivity contribution is 5.67. The van der Waals surface area contributed by atoms with Crippen molar-refractivity contribution >= 4 is 6.09 Å². The van der Waals surface area contributed by atoms with Crippen molar-refractivity contribution in [2.45, 2.75) is 38.6 Å². The molecule has 2 rings (SSSR count). The zero-order chi connectivity index (χ0) is 9.26. The maximum Gasteiger partial charge on any atom is 0.407 e. The van der Waals surface area contributed by atoms with E-state index < -0.39 is 0 Å². The maximum atomic E-state index is 11.1. The first-order valence-electron chi connectivity index (χ1n) is 5.24. The Morgan fingerprint density at radius 3 is 3.15 bits per heavy atom. The third-order valence-corrected chi connectivity index (χ3v) is 3.16. The summed E-state index contributed by atoms with van der Waals surface area (Å²) in [6.45, 7) is 2.30. The molecule has 2 aliphatic carbocycles. The lowest BCUT2D eigenvalue weighted by Crippen LogP contribution is -2.38. The highest BCUT2D eigenvalue weighted by Crippen LogP contribution is 2.49. The number of amides is 1. The fourth-order valence-electron chi connectivity index (χ4n) is 2.41.